The van der Waals surface area contributed by atoms with E-state index in [0.29, 0.717) is 6.54 Å². The quantitative estimate of drug-likeness (QED) is 0.909. The van der Waals surface area contributed by atoms with E-state index in [1.165, 1.54) is 6.07 Å². The number of hydrogen-bond donors (Lipinski definition) is 1. The third kappa shape index (κ3) is 3.69. The first-order chi connectivity index (χ1) is 9.88. The van der Waals surface area contributed by atoms with E-state index in [1.807, 2.05) is 20.8 Å². The van der Waals surface area contributed by atoms with Crippen molar-refractivity contribution in [2.45, 2.75) is 33.7 Å². The van der Waals surface area contributed by atoms with E-state index in [4.69, 9.17) is 0 Å². The normalized spacial score (nSPS) is 10.7. The molecule has 0 bridgehead atoms. The largest absolute Gasteiger partial charge is 0.324 e. The van der Waals surface area contributed by atoms with Crippen LogP contribution in [-0.4, -0.2) is 15.7 Å². The summed E-state index contributed by atoms with van der Waals surface area (Å²) in [5.41, 5.74) is 2.98. The number of nitrogens with zero attached hydrogens (tertiary/aromatic N) is 2. The number of nitrogens with one attached hydrogen (secondary N) is 1. The Kier molecular flexibility index (Phi) is 4.77. The van der Waals surface area contributed by atoms with Crippen LogP contribution in [0.25, 0.3) is 0 Å². The molecule has 1 N–H and O–H groups in total. The van der Waals surface area contributed by atoms with Gasteiger partial charge in [-0.1, -0.05) is 6.07 Å². The van der Waals surface area contributed by atoms with E-state index >= 15 is 0 Å². The molecule has 0 aliphatic heterocycles. The lowest BCUT2D eigenvalue weighted by Crippen LogP contribution is -2.16. The summed E-state index contributed by atoms with van der Waals surface area (Å²) in [5, 5.41) is 6.93. The van der Waals surface area contributed by atoms with Gasteiger partial charge in [0, 0.05) is 12.1 Å². The van der Waals surface area contributed by atoms with Crippen molar-refractivity contribution in [1.82, 2.24) is 9.78 Å². The lowest BCUT2D eigenvalue weighted by molar-refractivity contribution is -0.116. The molecule has 6 heteroatoms. The van der Waals surface area contributed by atoms with Crippen molar-refractivity contribution in [2.75, 3.05) is 5.32 Å². The molecule has 0 aliphatic carbocycles. The Morgan fingerprint density at radius 3 is 2.71 bits per heavy atom. The predicted molar refractivity (Wildman–Crippen MR) is 83.8 cm³/mol. The number of carbonyl (C=O) groups excluding carboxylic acids is 1. The summed E-state index contributed by atoms with van der Waals surface area (Å²) in [6.07, 6.45) is 0.238. The third-order valence-electron chi connectivity index (χ3n) is 3.24. The molecule has 0 unspecified atom stereocenters. The van der Waals surface area contributed by atoms with Gasteiger partial charge in [0.25, 0.3) is 0 Å². The fourth-order valence-electron chi connectivity index (χ4n) is 2.05. The Labute approximate surface area is 131 Å². The smallest absolute Gasteiger partial charge is 0.226 e. The molecule has 1 aromatic carbocycles. The molecule has 1 aromatic heterocycles. The number of halogens is 2. The van der Waals surface area contributed by atoms with Gasteiger partial charge in [-0.15, -0.1) is 0 Å². The fourth-order valence-corrected chi connectivity index (χ4v) is 2.33. The fraction of sp³-hybridized carbons (Fsp3) is 0.333. The summed E-state index contributed by atoms with van der Waals surface area (Å²) in [7, 11) is 0. The van der Waals surface area contributed by atoms with Gasteiger partial charge in [-0.2, -0.15) is 5.10 Å². The molecule has 1 heterocycles. The van der Waals surface area contributed by atoms with Crippen LogP contribution in [0, 0.1) is 26.6 Å². The number of amides is 1. The van der Waals surface area contributed by atoms with E-state index in [9.17, 15) is 9.18 Å². The molecule has 4 nitrogen and oxygen atoms in total. The number of hydrogen-bond acceptors (Lipinski definition) is 2. The highest BCUT2D eigenvalue weighted by Gasteiger charge is 2.11. The minimum absolute atomic E-state index is 0.217. The highest BCUT2D eigenvalue weighted by atomic mass is 79.9. The van der Waals surface area contributed by atoms with Gasteiger partial charge in [0.15, 0.2) is 0 Å². The van der Waals surface area contributed by atoms with Crippen LogP contribution in [0.4, 0.5) is 10.1 Å². The lowest BCUT2D eigenvalue weighted by Gasteiger charge is -2.08. The Balaban J connectivity index is 1.99. The van der Waals surface area contributed by atoms with Gasteiger partial charge in [-0.05, 0) is 54.4 Å². The Morgan fingerprint density at radius 1 is 1.38 bits per heavy atom. The molecule has 0 aliphatic rings. The molecule has 0 saturated carbocycles. The van der Waals surface area contributed by atoms with Crippen LogP contribution >= 0.6 is 15.9 Å². The second-order valence-electron chi connectivity index (χ2n) is 4.99. The Bertz CT molecular complexity index is 682. The zero-order valence-electron chi connectivity index (χ0n) is 12.2. The van der Waals surface area contributed by atoms with Crippen LogP contribution in [0.2, 0.25) is 0 Å². The zero-order valence-corrected chi connectivity index (χ0v) is 13.8. The molecule has 0 spiro atoms. The molecule has 0 radical (unpaired) electrons. The topological polar surface area (TPSA) is 46.9 Å². The van der Waals surface area contributed by atoms with Crippen LogP contribution in [-0.2, 0) is 11.3 Å². The molecule has 112 valence electrons. The maximum atomic E-state index is 13.6. The highest BCUT2D eigenvalue weighted by Crippen LogP contribution is 2.20. The zero-order chi connectivity index (χ0) is 15.6. The number of rotatable bonds is 4. The van der Waals surface area contributed by atoms with Crippen LogP contribution < -0.4 is 5.32 Å². The van der Waals surface area contributed by atoms with Gasteiger partial charge >= 0.3 is 0 Å². The lowest BCUT2D eigenvalue weighted by atomic mass is 10.2. The number of anilines is 1. The van der Waals surface area contributed by atoms with Crippen LogP contribution in [0.3, 0.4) is 0 Å². The number of aromatic nitrogens is 2. The summed E-state index contributed by atoms with van der Waals surface area (Å²) in [4.78, 5) is 11.9. The molecule has 1 amide bonds. The summed E-state index contributed by atoms with van der Waals surface area (Å²) in [5.74, 6) is -0.661. The van der Waals surface area contributed by atoms with E-state index in [0.717, 1.165) is 21.4 Å². The molecule has 2 aromatic rings. The highest BCUT2D eigenvalue weighted by molar-refractivity contribution is 9.10. The Morgan fingerprint density at radius 2 is 2.10 bits per heavy atom. The average Bonchev–Trinajstić information content (AvgIpc) is 2.68. The monoisotopic (exact) mass is 353 g/mol. The minimum atomic E-state index is -0.428. The summed E-state index contributed by atoms with van der Waals surface area (Å²) in [6, 6.07) is 4.63. The first-order valence-corrected chi connectivity index (χ1v) is 7.43. The van der Waals surface area contributed by atoms with Crippen LogP contribution in [0.5, 0.6) is 0 Å². The second kappa shape index (κ2) is 6.39. The summed E-state index contributed by atoms with van der Waals surface area (Å²) < 4.78 is 16.3. The molecule has 2 rings (SSSR count). The molecule has 0 atom stereocenters. The minimum Gasteiger partial charge on any atom is -0.324 e. The number of carbonyl (C=O) groups is 1. The SMILES string of the molecule is Cc1ccc(F)c(NC(=O)CCn2nc(C)c(Br)c2C)c1. The van der Waals surface area contributed by atoms with E-state index in [2.05, 4.69) is 26.3 Å². The maximum Gasteiger partial charge on any atom is 0.226 e. The maximum absolute atomic E-state index is 13.6. The predicted octanol–water partition coefficient (Wildman–Crippen LogP) is 3.74. The number of benzene rings is 1. The van der Waals surface area contributed by atoms with Gasteiger partial charge in [-0.3, -0.25) is 9.48 Å². The van der Waals surface area contributed by atoms with Crippen molar-refractivity contribution in [3.63, 3.8) is 0 Å². The van der Waals surface area contributed by atoms with Gasteiger partial charge in [0.05, 0.1) is 22.4 Å². The molecule has 21 heavy (non-hydrogen) atoms. The second-order valence-corrected chi connectivity index (χ2v) is 5.78. The standard InChI is InChI=1S/C15H17BrFN3O/c1-9-4-5-12(17)13(8-9)18-14(21)6-7-20-11(3)15(16)10(2)19-20/h4-5,8H,6-7H2,1-3H3,(H,18,21). The number of aryl methyl sites for hydroxylation is 3. The van der Waals surface area contributed by atoms with Gasteiger partial charge < -0.3 is 5.32 Å². The van der Waals surface area contributed by atoms with Crippen molar-refractivity contribution in [2.24, 2.45) is 0 Å². The first-order valence-electron chi connectivity index (χ1n) is 6.64. The third-order valence-corrected chi connectivity index (χ3v) is 4.39. The Hall–Kier alpha value is -1.69. The van der Waals surface area contributed by atoms with Crippen molar-refractivity contribution in [3.8, 4) is 0 Å². The average molecular weight is 354 g/mol. The van der Waals surface area contributed by atoms with E-state index in [-0.39, 0.29) is 18.0 Å². The van der Waals surface area contributed by atoms with Gasteiger partial charge in [0.2, 0.25) is 5.91 Å². The van der Waals surface area contributed by atoms with Crippen molar-refractivity contribution >= 4 is 27.5 Å². The van der Waals surface area contributed by atoms with Crippen LogP contribution in [0.1, 0.15) is 23.4 Å². The van der Waals surface area contributed by atoms with Crippen molar-refractivity contribution in [1.29, 1.82) is 0 Å². The van der Waals surface area contributed by atoms with Gasteiger partial charge in [-0.25, -0.2) is 4.39 Å². The molecule has 0 saturated heterocycles. The van der Waals surface area contributed by atoms with E-state index < -0.39 is 5.82 Å². The van der Waals surface area contributed by atoms with E-state index in [1.54, 1.807) is 16.8 Å². The van der Waals surface area contributed by atoms with Crippen molar-refractivity contribution in [3.05, 3.63) is 45.4 Å². The van der Waals surface area contributed by atoms with Crippen LogP contribution in [0.15, 0.2) is 22.7 Å². The molecule has 0 fully saturated rings. The summed E-state index contributed by atoms with van der Waals surface area (Å²) in [6.45, 7) is 6.14. The summed E-state index contributed by atoms with van der Waals surface area (Å²) >= 11 is 3.44. The van der Waals surface area contributed by atoms with Gasteiger partial charge in [0.1, 0.15) is 5.82 Å². The van der Waals surface area contributed by atoms with Crippen molar-refractivity contribution < 1.29 is 9.18 Å². The molecular formula is C15H17BrFN3O. The molecular weight excluding hydrogens is 337 g/mol. The first kappa shape index (κ1) is 15.7.